The summed E-state index contributed by atoms with van der Waals surface area (Å²) in [7, 11) is 0. The molecule has 0 saturated carbocycles. The number of benzene rings is 5. The average Bonchev–Trinajstić information content (AvgIpc) is 3.06. The smallest absolute Gasteiger partial charge is 0.340 e. The lowest BCUT2D eigenvalue weighted by molar-refractivity contribution is 0.0498. The lowest BCUT2D eigenvalue weighted by Gasteiger charge is -2.12. The van der Waals surface area contributed by atoms with Crippen LogP contribution in [-0.4, -0.2) is 23.6 Å². The molecule has 224 valence electrons. The number of unbranched alkanes of at least 4 members (excludes halogenated alkanes) is 6. The zero-order valence-corrected chi connectivity index (χ0v) is 25.0. The zero-order valence-electron chi connectivity index (χ0n) is 25.0. The minimum absolute atomic E-state index is 0.0629. The van der Waals surface area contributed by atoms with Crippen LogP contribution in [0.25, 0.3) is 21.5 Å². The fourth-order valence-corrected chi connectivity index (χ4v) is 5.26. The van der Waals surface area contributed by atoms with E-state index in [4.69, 9.17) is 4.74 Å². The van der Waals surface area contributed by atoms with Crippen LogP contribution >= 0.6 is 0 Å². The lowest BCUT2D eigenvalue weighted by Crippen LogP contribution is -2.12. The average molecular weight is 588 g/mol. The first-order valence-corrected chi connectivity index (χ1v) is 15.3. The van der Waals surface area contributed by atoms with Gasteiger partial charge in [-0.15, -0.1) is 10.2 Å². The first-order chi connectivity index (χ1) is 21.6. The van der Waals surface area contributed by atoms with E-state index in [9.17, 15) is 14.7 Å². The molecule has 0 heterocycles. The molecule has 5 aromatic rings. The van der Waals surface area contributed by atoms with Crippen LogP contribution in [0, 0.1) is 0 Å². The third kappa shape index (κ3) is 7.29. The van der Waals surface area contributed by atoms with Gasteiger partial charge < -0.3 is 15.2 Å². The molecule has 0 radical (unpaired) electrons. The number of amides is 1. The number of hydrogen-bond acceptors (Lipinski definition) is 6. The van der Waals surface area contributed by atoms with E-state index >= 15 is 0 Å². The van der Waals surface area contributed by atoms with E-state index in [0.29, 0.717) is 40.0 Å². The van der Waals surface area contributed by atoms with Gasteiger partial charge in [0.1, 0.15) is 11.4 Å². The Labute approximate surface area is 257 Å². The highest BCUT2D eigenvalue weighted by molar-refractivity contribution is 6.14. The summed E-state index contributed by atoms with van der Waals surface area (Å²) in [6.07, 6.45) is 7.95. The Bertz CT molecular complexity index is 1790. The Kier molecular flexibility index (Phi) is 10.3. The molecule has 7 nitrogen and oxygen atoms in total. The molecular formula is C37H37N3O4. The van der Waals surface area contributed by atoms with Gasteiger partial charge in [0, 0.05) is 21.8 Å². The molecule has 2 N–H and O–H groups in total. The zero-order chi connectivity index (χ0) is 30.7. The second-order valence-corrected chi connectivity index (χ2v) is 10.8. The summed E-state index contributed by atoms with van der Waals surface area (Å²) in [4.78, 5) is 26.4. The monoisotopic (exact) mass is 587 g/mol. The summed E-state index contributed by atoms with van der Waals surface area (Å²) in [6, 6.07) is 29.0. The minimum Gasteiger partial charge on any atom is -0.506 e. The number of phenols is 1. The highest BCUT2D eigenvalue weighted by atomic mass is 16.5. The van der Waals surface area contributed by atoms with E-state index in [0.717, 1.165) is 30.0 Å². The summed E-state index contributed by atoms with van der Waals surface area (Å²) < 4.78 is 5.55. The van der Waals surface area contributed by atoms with Gasteiger partial charge in [-0.3, -0.25) is 4.79 Å². The van der Waals surface area contributed by atoms with E-state index in [1.165, 1.54) is 31.7 Å². The van der Waals surface area contributed by atoms with Gasteiger partial charge in [-0.25, -0.2) is 4.79 Å². The Morgan fingerprint density at radius 1 is 0.682 bits per heavy atom. The molecule has 0 atom stereocenters. The Balaban J connectivity index is 1.36. The number of hydrogen-bond donors (Lipinski definition) is 2. The normalized spacial score (nSPS) is 11.3. The van der Waals surface area contributed by atoms with Gasteiger partial charge in [0.05, 0.1) is 23.4 Å². The van der Waals surface area contributed by atoms with Gasteiger partial charge in [-0.2, -0.15) is 0 Å². The summed E-state index contributed by atoms with van der Waals surface area (Å²) in [5, 5.41) is 25.9. The second kappa shape index (κ2) is 14.9. The third-order valence-electron chi connectivity index (χ3n) is 7.65. The van der Waals surface area contributed by atoms with Gasteiger partial charge in [-0.1, -0.05) is 118 Å². The van der Waals surface area contributed by atoms with E-state index in [1.807, 2.05) is 48.5 Å². The van der Waals surface area contributed by atoms with Crippen LogP contribution in [0.1, 0.15) is 72.6 Å². The number of esters is 1. The number of nitrogens with one attached hydrogen (secondary N) is 1. The number of azo groups is 1. The SMILES string of the molecule is CCCCCCCCCOC(=O)c1ccccc1N=Nc1cc(C(=O)Nc2cccc3ccccc23)c(O)c2ccccc12. The second-order valence-electron chi connectivity index (χ2n) is 10.8. The number of nitrogens with zero attached hydrogens (tertiary/aromatic N) is 2. The van der Waals surface area contributed by atoms with Crippen molar-refractivity contribution in [3.05, 3.63) is 108 Å². The molecule has 0 aliphatic heterocycles. The predicted octanol–water partition coefficient (Wildman–Crippen LogP) is 10.3. The first kappa shape index (κ1) is 30.4. The fourth-order valence-electron chi connectivity index (χ4n) is 5.26. The highest BCUT2D eigenvalue weighted by Gasteiger charge is 2.19. The van der Waals surface area contributed by atoms with Crippen LogP contribution in [0.15, 0.2) is 107 Å². The molecule has 5 aromatic carbocycles. The Morgan fingerprint density at radius 2 is 1.32 bits per heavy atom. The largest absolute Gasteiger partial charge is 0.506 e. The Morgan fingerprint density at radius 3 is 2.14 bits per heavy atom. The number of carbonyl (C=O) groups is 2. The van der Waals surface area contributed by atoms with Crippen molar-refractivity contribution in [3.8, 4) is 5.75 Å². The molecule has 0 fully saturated rings. The van der Waals surface area contributed by atoms with Crippen molar-refractivity contribution < 1.29 is 19.4 Å². The highest BCUT2D eigenvalue weighted by Crippen LogP contribution is 2.38. The number of anilines is 1. The molecule has 0 spiro atoms. The van der Waals surface area contributed by atoms with Crippen LogP contribution in [-0.2, 0) is 4.74 Å². The molecular weight excluding hydrogens is 550 g/mol. The molecule has 44 heavy (non-hydrogen) atoms. The van der Waals surface area contributed by atoms with Crippen molar-refractivity contribution in [1.29, 1.82) is 0 Å². The quantitative estimate of drug-likeness (QED) is 0.0813. The van der Waals surface area contributed by atoms with Crippen LogP contribution in [0.3, 0.4) is 0 Å². The predicted molar refractivity (Wildman–Crippen MR) is 176 cm³/mol. The lowest BCUT2D eigenvalue weighted by atomic mass is 10.0. The number of phenolic OH excluding ortho intramolecular Hbond substituents is 1. The maximum absolute atomic E-state index is 13.5. The molecule has 0 unspecified atom stereocenters. The van der Waals surface area contributed by atoms with Gasteiger partial charge in [0.15, 0.2) is 0 Å². The molecule has 0 aliphatic carbocycles. The summed E-state index contributed by atoms with van der Waals surface area (Å²) in [6.45, 7) is 2.56. The number of aromatic hydroxyl groups is 1. The number of ether oxygens (including phenoxy) is 1. The Hall–Kier alpha value is -5.04. The van der Waals surface area contributed by atoms with E-state index < -0.39 is 11.9 Å². The molecule has 7 heteroatoms. The fraction of sp³-hybridized carbons (Fsp3) is 0.243. The first-order valence-electron chi connectivity index (χ1n) is 15.3. The van der Waals surface area contributed by atoms with Crippen molar-refractivity contribution in [2.45, 2.75) is 51.9 Å². The van der Waals surface area contributed by atoms with Crippen molar-refractivity contribution in [1.82, 2.24) is 0 Å². The molecule has 0 saturated heterocycles. The van der Waals surface area contributed by atoms with E-state index in [1.54, 1.807) is 42.5 Å². The van der Waals surface area contributed by atoms with Crippen LogP contribution < -0.4 is 5.32 Å². The number of rotatable bonds is 13. The molecule has 1 amide bonds. The third-order valence-corrected chi connectivity index (χ3v) is 7.65. The molecule has 0 bridgehead atoms. The number of fused-ring (bicyclic) bond motifs is 2. The maximum atomic E-state index is 13.5. The van der Waals surface area contributed by atoms with E-state index in [2.05, 4.69) is 22.5 Å². The van der Waals surface area contributed by atoms with Crippen LogP contribution in [0.5, 0.6) is 5.75 Å². The van der Waals surface area contributed by atoms with Crippen molar-refractivity contribution in [2.24, 2.45) is 10.2 Å². The van der Waals surface area contributed by atoms with Crippen molar-refractivity contribution in [2.75, 3.05) is 11.9 Å². The van der Waals surface area contributed by atoms with Crippen molar-refractivity contribution >= 4 is 50.5 Å². The standard InChI is InChI=1S/C37H37N3O4/c1-2-3-4-5-6-7-14-24-44-37(43)30-21-12-13-22-33(30)39-40-34-25-31(35(41)29-20-11-10-19-28(29)34)36(42)38-32-23-15-17-26-16-8-9-18-27(26)32/h8-13,15-23,25,41H,2-7,14,24H2,1H3,(H,38,42). The number of carbonyl (C=O) groups excluding carboxylic acids is 2. The maximum Gasteiger partial charge on any atom is 0.340 e. The summed E-state index contributed by atoms with van der Waals surface area (Å²) >= 11 is 0. The summed E-state index contributed by atoms with van der Waals surface area (Å²) in [5.74, 6) is -1.07. The molecule has 0 aromatic heterocycles. The van der Waals surface area contributed by atoms with Crippen LogP contribution in [0.4, 0.5) is 17.1 Å². The topological polar surface area (TPSA) is 100 Å². The van der Waals surface area contributed by atoms with Gasteiger partial charge in [-0.05, 0) is 36.1 Å². The van der Waals surface area contributed by atoms with Gasteiger partial charge in [0.2, 0.25) is 0 Å². The molecule has 5 rings (SSSR count). The van der Waals surface area contributed by atoms with Crippen LogP contribution in [0.2, 0.25) is 0 Å². The van der Waals surface area contributed by atoms with Gasteiger partial charge >= 0.3 is 5.97 Å². The summed E-state index contributed by atoms with van der Waals surface area (Å²) in [5.41, 5.74) is 1.75. The minimum atomic E-state index is -0.476. The van der Waals surface area contributed by atoms with E-state index in [-0.39, 0.29) is 11.3 Å². The van der Waals surface area contributed by atoms with Crippen molar-refractivity contribution in [3.63, 3.8) is 0 Å². The van der Waals surface area contributed by atoms with Gasteiger partial charge in [0.25, 0.3) is 5.91 Å². The molecule has 0 aliphatic rings.